The van der Waals surface area contributed by atoms with Crippen molar-refractivity contribution < 1.29 is 4.79 Å². The monoisotopic (exact) mass is 456 g/mol. The van der Waals surface area contributed by atoms with Crippen molar-refractivity contribution in [2.75, 3.05) is 31.1 Å². The Bertz CT molecular complexity index is 1150. The Morgan fingerprint density at radius 2 is 1.71 bits per heavy atom. The molecule has 4 heterocycles. The molecule has 1 aromatic carbocycles. The Morgan fingerprint density at radius 1 is 0.971 bits per heavy atom. The maximum atomic E-state index is 13.7. The number of carbonyl (C=O) groups is 1. The number of rotatable bonds is 5. The minimum atomic E-state index is 0.0692. The van der Waals surface area contributed by atoms with Crippen LogP contribution in [0.1, 0.15) is 72.6 Å². The number of piperidine rings is 1. The largest absolute Gasteiger partial charge is 0.341 e. The molecule has 2 saturated heterocycles. The van der Waals surface area contributed by atoms with Gasteiger partial charge in [0.1, 0.15) is 0 Å². The van der Waals surface area contributed by atoms with E-state index in [-0.39, 0.29) is 11.3 Å². The molecule has 7 heteroatoms. The lowest BCUT2D eigenvalue weighted by Gasteiger charge is -2.33. The summed E-state index contributed by atoms with van der Waals surface area (Å²) >= 11 is 0. The fraction of sp³-hybridized carbons (Fsp3) is 0.481. The number of hydrogen-bond donors (Lipinski definition) is 0. The van der Waals surface area contributed by atoms with E-state index < -0.39 is 0 Å². The third kappa shape index (κ3) is 3.87. The minimum Gasteiger partial charge on any atom is -0.341 e. The van der Waals surface area contributed by atoms with Crippen LogP contribution in [-0.2, 0) is 5.41 Å². The molecule has 176 valence electrons. The molecule has 1 aliphatic carbocycles. The molecule has 2 aromatic heterocycles. The Labute approximate surface area is 200 Å². The molecular weight excluding hydrogens is 424 g/mol. The third-order valence-electron chi connectivity index (χ3n) is 7.99. The van der Waals surface area contributed by atoms with Crippen LogP contribution in [0.4, 0.5) is 5.95 Å². The van der Waals surface area contributed by atoms with Crippen LogP contribution < -0.4 is 4.90 Å². The Kier molecular flexibility index (Phi) is 5.35. The van der Waals surface area contributed by atoms with Crippen molar-refractivity contribution in [3.05, 3.63) is 71.8 Å². The highest BCUT2D eigenvalue weighted by atomic mass is 16.2. The number of benzene rings is 1. The summed E-state index contributed by atoms with van der Waals surface area (Å²) in [6.45, 7) is 5.70. The quantitative estimate of drug-likeness (QED) is 0.576. The first-order valence-electron chi connectivity index (χ1n) is 12.6. The lowest BCUT2D eigenvalue weighted by atomic mass is 9.97. The van der Waals surface area contributed by atoms with Gasteiger partial charge in [-0.05, 0) is 43.7 Å². The molecule has 3 aliphatic rings. The first-order chi connectivity index (χ1) is 16.6. The van der Waals surface area contributed by atoms with E-state index in [4.69, 9.17) is 5.10 Å². The molecular formula is C27H32N6O. The van der Waals surface area contributed by atoms with Gasteiger partial charge in [0.2, 0.25) is 5.95 Å². The van der Waals surface area contributed by atoms with E-state index in [1.54, 1.807) is 12.4 Å². The molecule has 3 fully saturated rings. The van der Waals surface area contributed by atoms with Crippen molar-refractivity contribution in [2.24, 2.45) is 0 Å². The van der Waals surface area contributed by atoms with E-state index in [0.29, 0.717) is 12.0 Å². The van der Waals surface area contributed by atoms with Crippen molar-refractivity contribution in [1.82, 2.24) is 24.6 Å². The summed E-state index contributed by atoms with van der Waals surface area (Å²) in [6, 6.07) is 12.8. The molecule has 1 atom stereocenters. The van der Waals surface area contributed by atoms with Gasteiger partial charge >= 0.3 is 0 Å². The van der Waals surface area contributed by atoms with Crippen molar-refractivity contribution in [2.45, 2.75) is 56.4 Å². The van der Waals surface area contributed by atoms with E-state index >= 15 is 0 Å². The summed E-state index contributed by atoms with van der Waals surface area (Å²) < 4.78 is 2.20. The highest BCUT2D eigenvalue weighted by Gasteiger charge is 2.46. The molecule has 1 amide bonds. The summed E-state index contributed by atoms with van der Waals surface area (Å²) in [5, 5.41) is 4.83. The van der Waals surface area contributed by atoms with Crippen LogP contribution in [-0.4, -0.2) is 56.7 Å². The zero-order chi connectivity index (χ0) is 23.1. The molecule has 0 bridgehead atoms. The molecule has 0 unspecified atom stereocenters. The lowest BCUT2D eigenvalue weighted by molar-refractivity contribution is 0.0788. The van der Waals surface area contributed by atoms with E-state index in [1.165, 1.54) is 5.56 Å². The molecule has 0 radical (unpaired) electrons. The third-order valence-corrected chi connectivity index (χ3v) is 7.99. The molecule has 1 saturated carbocycles. The van der Waals surface area contributed by atoms with Crippen molar-refractivity contribution in [3.8, 4) is 0 Å². The molecule has 3 aromatic rings. The Hall–Kier alpha value is -3.22. The zero-order valence-electron chi connectivity index (χ0n) is 19.8. The van der Waals surface area contributed by atoms with E-state index in [2.05, 4.69) is 56.8 Å². The fourth-order valence-corrected chi connectivity index (χ4v) is 5.70. The second-order valence-electron chi connectivity index (χ2n) is 10.3. The highest BCUT2D eigenvalue weighted by Crippen LogP contribution is 2.50. The number of amides is 1. The number of likely N-dealkylation sites (tertiary alicyclic amines) is 1. The van der Waals surface area contributed by atoms with Crippen molar-refractivity contribution in [3.63, 3.8) is 0 Å². The normalized spacial score (nSPS) is 22.2. The van der Waals surface area contributed by atoms with Crippen molar-refractivity contribution >= 4 is 11.9 Å². The second kappa shape index (κ2) is 8.53. The van der Waals surface area contributed by atoms with Gasteiger partial charge in [0.05, 0.1) is 23.5 Å². The Balaban J connectivity index is 1.20. The zero-order valence-corrected chi connectivity index (χ0v) is 19.8. The molecule has 2 aliphatic heterocycles. The van der Waals surface area contributed by atoms with E-state index in [0.717, 1.165) is 75.5 Å². The number of aromatic nitrogens is 4. The predicted molar refractivity (Wildman–Crippen MR) is 131 cm³/mol. The number of hydrogen-bond acceptors (Lipinski definition) is 5. The van der Waals surface area contributed by atoms with Gasteiger partial charge in [0.15, 0.2) is 0 Å². The van der Waals surface area contributed by atoms with Gasteiger partial charge in [-0.2, -0.15) is 5.10 Å². The summed E-state index contributed by atoms with van der Waals surface area (Å²) in [7, 11) is 0. The van der Waals surface area contributed by atoms with E-state index in [9.17, 15) is 4.79 Å². The molecule has 34 heavy (non-hydrogen) atoms. The lowest BCUT2D eigenvalue weighted by Crippen LogP contribution is -2.37. The maximum absolute atomic E-state index is 13.7. The molecule has 0 N–H and O–H groups in total. The predicted octanol–water partition coefficient (Wildman–Crippen LogP) is 4.20. The molecule has 7 nitrogen and oxygen atoms in total. The Morgan fingerprint density at radius 3 is 2.41 bits per heavy atom. The average molecular weight is 457 g/mol. The topological polar surface area (TPSA) is 67.2 Å². The smallest absolute Gasteiger partial charge is 0.257 e. The summed E-state index contributed by atoms with van der Waals surface area (Å²) in [4.78, 5) is 26.8. The highest BCUT2D eigenvalue weighted by molar-refractivity contribution is 5.96. The summed E-state index contributed by atoms with van der Waals surface area (Å²) in [6.07, 6.45) is 10.7. The van der Waals surface area contributed by atoms with Gasteiger partial charge < -0.3 is 9.80 Å². The minimum absolute atomic E-state index is 0.0692. The van der Waals surface area contributed by atoms with Gasteiger partial charge in [-0.25, -0.2) is 9.97 Å². The molecule has 0 spiro atoms. The first-order valence-corrected chi connectivity index (χ1v) is 12.6. The fourth-order valence-electron chi connectivity index (χ4n) is 5.70. The number of anilines is 1. The van der Waals surface area contributed by atoms with Gasteiger partial charge in [0, 0.05) is 49.9 Å². The SMILES string of the molecule is CC1(c2c(C(=O)N3CC[C@H](c4ccccc4)C3)cnn2C2CCN(c3ncccn3)CC2)CC1. The number of nitrogens with zero attached hydrogens (tertiary/aromatic N) is 6. The number of carbonyl (C=O) groups excluding carboxylic acids is 1. The van der Waals surface area contributed by atoms with Gasteiger partial charge in [-0.3, -0.25) is 9.48 Å². The van der Waals surface area contributed by atoms with Crippen LogP contribution in [0.3, 0.4) is 0 Å². The van der Waals surface area contributed by atoms with Crippen LogP contribution in [0.15, 0.2) is 55.0 Å². The average Bonchev–Trinajstić information content (AvgIpc) is 3.29. The second-order valence-corrected chi connectivity index (χ2v) is 10.3. The van der Waals surface area contributed by atoms with Crippen molar-refractivity contribution in [1.29, 1.82) is 0 Å². The van der Waals surface area contributed by atoms with Crippen LogP contribution in [0.2, 0.25) is 0 Å². The van der Waals surface area contributed by atoms with Crippen LogP contribution in [0.25, 0.3) is 0 Å². The van der Waals surface area contributed by atoms with Crippen LogP contribution in [0.5, 0.6) is 0 Å². The van der Waals surface area contributed by atoms with Crippen LogP contribution in [0, 0.1) is 0 Å². The summed E-state index contributed by atoms with van der Waals surface area (Å²) in [5.74, 6) is 1.38. The van der Waals surface area contributed by atoms with E-state index in [1.807, 2.05) is 17.2 Å². The maximum Gasteiger partial charge on any atom is 0.257 e. The van der Waals surface area contributed by atoms with Gasteiger partial charge in [0.25, 0.3) is 5.91 Å². The van der Waals surface area contributed by atoms with Gasteiger partial charge in [-0.15, -0.1) is 0 Å². The molecule has 6 rings (SSSR count). The van der Waals surface area contributed by atoms with Gasteiger partial charge in [-0.1, -0.05) is 37.3 Å². The summed E-state index contributed by atoms with van der Waals surface area (Å²) in [5.41, 5.74) is 3.38. The first kappa shape index (κ1) is 21.3. The van der Waals surface area contributed by atoms with Crippen LogP contribution >= 0.6 is 0 Å². The standard InChI is InChI=1S/C27H32N6O/c1-27(11-12-27)24-23(25(34)32-15-8-21(19-32)20-6-3-2-4-7-20)18-30-33(24)22-9-16-31(17-10-22)26-28-13-5-14-29-26/h2-7,13-14,18,21-22H,8-12,15-17,19H2,1H3/t21-/m0/s1.